The van der Waals surface area contributed by atoms with Crippen molar-refractivity contribution in [1.82, 2.24) is 9.55 Å². The molecule has 4 rings (SSSR count). The number of imidazole rings is 1. The SMILES string of the molecule is Cc1cccc(-c2nc3cc(C#N)ccc3n2-c2cccc(C(=O)O)c2)c1. The van der Waals surface area contributed by atoms with Crippen molar-refractivity contribution in [3.8, 4) is 23.1 Å². The molecule has 0 atom stereocenters. The Labute approximate surface area is 155 Å². The van der Waals surface area contributed by atoms with Gasteiger partial charge in [0.1, 0.15) is 5.82 Å². The van der Waals surface area contributed by atoms with Gasteiger partial charge in [0.15, 0.2) is 0 Å². The Bertz CT molecular complexity index is 1230. The minimum absolute atomic E-state index is 0.207. The van der Waals surface area contributed by atoms with Crippen molar-refractivity contribution in [2.75, 3.05) is 0 Å². The summed E-state index contributed by atoms with van der Waals surface area (Å²) in [5, 5.41) is 18.5. The smallest absolute Gasteiger partial charge is 0.335 e. The van der Waals surface area contributed by atoms with Gasteiger partial charge >= 0.3 is 5.97 Å². The average Bonchev–Trinajstić information content (AvgIpc) is 3.06. The first-order valence-corrected chi connectivity index (χ1v) is 8.40. The standard InChI is InChI=1S/C22H15N3O2/c1-14-4-2-5-16(10-14)21-24-19-11-15(13-23)8-9-20(19)25(21)18-7-3-6-17(12-18)22(26)27/h2-12H,1H3,(H,26,27). The van der Waals surface area contributed by atoms with E-state index in [-0.39, 0.29) is 5.56 Å². The summed E-state index contributed by atoms with van der Waals surface area (Å²) in [6.45, 7) is 2.01. The molecule has 0 bridgehead atoms. The lowest BCUT2D eigenvalue weighted by Crippen LogP contribution is -2.01. The molecule has 3 aromatic carbocycles. The maximum Gasteiger partial charge on any atom is 0.335 e. The Balaban J connectivity index is 2.05. The first-order chi connectivity index (χ1) is 13.1. The Hall–Kier alpha value is -3.91. The molecule has 5 nitrogen and oxygen atoms in total. The van der Waals surface area contributed by atoms with Gasteiger partial charge in [-0.15, -0.1) is 0 Å². The van der Waals surface area contributed by atoms with E-state index in [0.29, 0.717) is 22.6 Å². The molecule has 4 aromatic rings. The van der Waals surface area contributed by atoms with E-state index in [1.165, 1.54) is 0 Å². The third kappa shape index (κ3) is 2.94. The van der Waals surface area contributed by atoms with Gasteiger partial charge in [-0.3, -0.25) is 4.57 Å². The molecule has 0 unspecified atom stereocenters. The van der Waals surface area contributed by atoms with E-state index in [1.807, 2.05) is 47.9 Å². The molecule has 0 saturated heterocycles. The molecule has 0 saturated carbocycles. The van der Waals surface area contributed by atoms with Gasteiger partial charge in [-0.1, -0.05) is 29.8 Å². The fourth-order valence-electron chi connectivity index (χ4n) is 3.17. The molecule has 0 fully saturated rings. The van der Waals surface area contributed by atoms with Gasteiger partial charge in [0.2, 0.25) is 0 Å². The molecule has 1 N–H and O–H groups in total. The summed E-state index contributed by atoms with van der Waals surface area (Å²) >= 11 is 0. The summed E-state index contributed by atoms with van der Waals surface area (Å²) in [5.41, 5.74) is 4.96. The molecule has 0 aliphatic heterocycles. The average molecular weight is 353 g/mol. The lowest BCUT2D eigenvalue weighted by atomic mass is 10.1. The fourth-order valence-corrected chi connectivity index (χ4v) is 3.17. The number of aromatic carboxylic acids is 1. The molecular weight excluding hydrogens is 338 g/mol. The number of aryl methyl sites for hydroxylation is 1. The number of aromatic nitrogens is 2. The quantitative estimate of drug-likeness (QED) is 0.585. The highest BCUT2D eigenvalue weighted by Crippen LogP contribution is 2.30. The number of benzene rings is 3. The lowest BCUT2D eigenvalue weighted by molar-refractivity contribution is 0.0697. The highest BCUT2D eigenvalue weighted by atomic mass is 16.4. The number of hydrogen-bond donors (Lipinski definition) is 1. The van der Waals surface area contributed by atoms with Crippen LogP contribution in [0.4, 0.5) is 0 Å². The Morgan fingerprint density at radius 1 is 1.07 bits per heavy atom. The number of nitriles is 1. The highest BCUT2D eigenvalue weighted by molar-refractivity contribution is 5.89. The van der Waals surface area contributed by atoms with Crippen LogP contribution >= 0.6 is 0 Å². The van der Waals surface area contributed by atoms with E-state index in [1.54, 1.807) is 30.3 Å². The number of carboxylic acids is 1. The molecule has 0 spiro atoms. The summed E-state index contributed by atoms with van der Waals surface area (Å²) in [7, 11) is 0. The largest absolute Gasteiger partial charge is 0.478 e. The number of nitrogens with zero attached hydrogens (tertiary/aromatic N) is 3. The molecular formula is C22H15N3O2. The van der Waals surface area contributed by atoms with Crippen LogP contribution in [0.2, 0.25) is 0 Å². The maximum absolute atomic E-state index is 11.4. The van der Waals surface area contributed by atoms with Gasteiger partial charge in [-0.25, -0.2) is 9.78 Å². The number of fused-ring (bicyclic) bond motifs is 1. The zero-order valence-electron chi connectivity index (χ0n) is 14.5. The zero-order chi connectivity index (χ0) is 19.0. The van der Waals surface area contributed by atoms with Crippen LogP contribution in [-0.2, 0) is 0 Å². The van der Waals surface area contributed by atoms with E-state index in [0.717, 1.165) is 16.6 Å². The molecule has 0 radical (unpaired) electrons. The summed E-state index contributed by atoms with van der Waals surface area (Å²) in [5.74, 6) is -0.281. The van der Waals surface area contributed by atoms with E-state index in [4.69, 9.17) is 4.98 Å². The van der Waals surface area contributed by atoms with Crippen molar-refractivity contribution in [2.24, 2.45) is 0 Å². The molecule has 5 heteroatoms. The van der Waals surface area contributed by atoms with Crippen LogP contribution in [0.5, 0.6) is 0 Å². The van der Waals surface area contributed by atoms with Crippen molar-refractivity contribution >= 4 is 17.0 Å². The molecule has 27 heavy (non-hydrogen) atoms. The minimum atomic E-state index is -0.981. The first-order valence-electron chi connectivity index (χ1n) is 8.40. The number of carbonyl (C=O) groups is 1. The lowest BCUT2D eigenvalue weighted by Gasteiger charge is -2.11. The minimum Gasteiger partial charge on any atom is -0.478 e. The van der Waals surface area contributed by atoms with E-state index in [9.17, 15) is 15.2 Å². The third-order valence-electron chi connectivity index (χ3n) is 4.41. The molecule has 1 heterocycles. The van der Waals surface area contributed by atoms with E-state index >= 15 is 0 Å². The van der Waals surface area contributed by atoms with Gasteiger partial charge < -0.3 is 5.11 Å². The predicted molar refractivity (Wildman–Crippen MR) is 103 cm³/mol. The predicted octanol–water partition coefficient (Wildman–Crippen LogP) is 4.57. The monoisotopic (exact) mass is 353 g/mol. The van der Waals surface area contributed by atoms with E-state index in [2.05, 4.69) is 6.07 Å². The molecule has 0 aliphatic carbocycles. The molecule has 1 aromatic heterocycles. The van der Waals surface area contributed by atoms with Crippen molar-refractivity contribution in [1.29, 1.82) is 5.26 Å². The van der Waals surface area contributed by atoms with Gasteiger partial charge in [0.05, 0.1) is 28.2 Å². The summed E-state index contributed by atoms with van der Waals surface area (Å²) in [4.78, 5) is 16.2. The topological polar surface area (TPSA) is 78.9 Å². The summed E-state index contributed by atoms with van der Waals surface area (Å²) < 4.78 is 1.93. The molecule has 0 amide bonds. The number of carboxylic acid groups (broad SMARTS) is 1. The van der Waals surface area contributed by atoms with Crippen molar-refractivity contribution in [3.05, 3.63) is 83.4 Å². The van der Waals surface area contributed by atoms with Crippen LogP contribution in [0.3, 0.4) is 0 Å². The number of hydrogen-bond acceptors (Lipinski definition) is 3. The molecule has 0 aliphatic rings. The fraction of sp³-hybridized carbons (Fsp3) is 0.0455. The van der Waals surface area contributed by atoms with Crippen LogP contribution < -0.4 is 0 Å². The first kappa shape index (κ1) is 16.6. The van der Waals surface area contributed by atoms with E-state index < -0.39 is 5.97 Å². The van der Waals surface area contributed by atoms with Crippen LogP contribution in [0.15, 0.2) is 66.7 Å². The van der Waals surface area contributed by atoms with Crippen molar-refractivity contribution in [2.45, 2.75) is 6.92 Å². The summed E-state index contributed by atoms with van der Waals surface area (Å²) in [6.07, 6.45) is 0. The second-order valence-corrected chi connectivity index (χ2v) is 6.31. The van der Waals surface area contributed by atoms with Crippen molar-refractivity contribution in [3.63, 3.8) is 0 Å². The molecule has 130 valence electrons. The second-order valence-electron chi connectivity index (χ2n) is 6.31. The van der Waals surface area contributed by atoms with Gasteiger partial charge in [-0.2, -0.15) is 5.26 Å². The van der Waals surface area contributed by atoms with Crippen molar-refractivity contribution < 1.29 is 9.90 Å². The normalized spacial score (nSPS) is 10.7. The second kappa shape index (κ2) is 6.43. The van der Waals surface area contributed by atoms with Crippen LogP contribution in [-0.4, -0.2) is 20.6 Å². The van der Waals surface area contributed by atoms with Gasteiger partial charge in [0.25, 0.3) is 0 Å². The zero-order valence-corrected chi connectivity index (χ0v) is 14.5. The highest BCUT2D eigenvalue weighted by Gasteiger charge is 2.16. The summed E-state index contributed by atoms with van der Waals surface area (Å²) in [6, 6.07) is 22.2. The third-order valence-corrected chi connectivity index (χ3v) is 4.41. The Kier molecular flexibility index (Phi) is 3.94. The van der Waals surface area contributed by atoms with Crippen LogP contribution in [0.1, 0.15) is 21.5 Å². The van der Waals surface area contributed by atoms with Crippen LogP contribution in [0.25, 0.3) is 28.1 Å². The van der Waals surface area contributed by atoms with Gasteiger partial charge in [0, 0.05) is 11.3 Å². The maximum atomic E-state index is 11.4. The Morgan fingerprint density at radius 3 is 2.63 bits per heavy atom. The van der Waals surface area contributed by atoms with Crippen LogP contribution in [0, 0.1) is 18.3 Å². The van der Waals surface area contributed by atoms with Gasteiger partial charge in [-0.05, 0) is 49.4 Å². The Morgan fingerprint density at radius 2 is 1.89 bits per heavy atom. The number of rotatable bonds is 3.